The fraction of sp³-hybridized carbons (Fsp3) is 1.00. The Labute approximate surface area is 170 Å². The van der Waals surface area contributed by atoms with E-state index in [1.54, 1.807) is 0 Å². The van der Waals surface area contributed by atoms with Crippen LogP contribution in [0.2, 0.25) is 0 Å². The van der Waals surface area contributed by atoms with Gasteiger partial charge in [-0.2, -0.15) is 0 Å². The molecule has 0 amide bonds. The van der Waals surface area contributed by atoms with Crippen molar-refractivity contribution in [3.05, 3.63) is 0 Å². The summed E-state index contributed by atoms with van der Waals surface area (Å²) in [5, 5.41) is 12.1. The van der Waals surface area contributed by atoms with Crippen LogP contribution in [0.15, 0.2) is 0 Å². The summed E-state index contributed by atoms with van der Waals surface area (Å²) in [6, 6.07) is 0. The van der Waals surface area contributed by atoms with Gasteiger partial charge in [0.15, 0.2) is 0 Å². The van der Waals surface area contributed by atoms with Crippen LogP contribution in [0.4, 0.5) is 0 Å². The Kier molecular flexibility index (Phi) is 5.13. The van der Waals surface area contributed by atoms with Crippen molar-refractivity contribution in [3.8, 4) is 0 Å². The molecule has 0 spiro atoms. The highest BCUT2D eigenvalue weighted by Crippen LogP contribution is 2.68. The first-order chi connectivity index (χ1) is 12.3. The maximum atomic E-state index is 10.9. The molecule has 0 unspecified atom stereocenters. The molecule has 1 nitrogen and oxygen atoms in total. The van der Waals surface area contributed by atoms with Crippen molar-refractivity contribution in [2.24, 2.45) is 46.3 Å². The van der Waals surface area contributed by atoms with Gasteiger partial charge in [0.05, 0.1) is 5.60 Å². The average molecular weight is 425 g/mol. The summed E-state index contributed by atoms with van der Waals surface area (Å²) in [4.78, 5) is 0. The molecule has 4 saturated carbocycles. The molecule has 26 heavy (non-hydrogen) atoms. The number of alkyl halides is 1. The lowest BCUT2D eigenvalue weighted by Gasteiger charge is -2.62. The maximum Gasteiger partial charge on any atom is 0.0648 e. The molecule has 4 rings (SSSR count). The summed E-state index contributed by atoms with van der Waals surface area (Å²) < 4.78 is 0. The van der Waals surface area contributed by atoms with E-state index in [0.717, 1.165) is 54.8 Å². The van der Waals surface area contributed by atoms with Gasteiger partial charge in [-0.1, -0.05) is 43.6 Å². The van der Waals surface area contributed by atoms with Crippen molar-refractivity contribution in [3.63, 3.8) is 0 Å². The van der Waals surface area contributed by atoms with Crippen LogP contribution in [0.3, 0.4) is 0 Å². The quantitative estimate of drug-likeness (QED) is 0.492. The minimum absolute atomic E-state index is 0.357. The predicted octanol–water partition coefficient (Wildman–Crippen LogP) is 6.82. The molecule has 4 fully saturated rings. The van der Waals surface area contributed by atoms with E-state index < -0.39 is 0 Å². The predicted molar refractivity (Wildman–Crippen MR) is 113 cm³/mol. The molecular weight excluding hydrogens is 384 g/mol. The van der Waals surface area contributed by atoms with Gasteiger partial charge in [-0.3, -0.25) is 0 Å². The Hall–Kier alpha value is 0.440. The van der Waals surface area contributed by atoms with Gasteiger partial charge in [0, 0.05) is 5.33 Å². The van der Waals surface area contributed by atoms with Crippen LogP contribution in [-0.4, -0.2) is 16.0 Å². The lowest BCUT2D eigenvalue weighted by Crippen LogP contribution is -2.56. The smallest absolute Gasteiger partial charge is 0.0648 e. The molecule has 2 heteroatoms. The van der Waals surface area contributed by atoms with Crippen molar-refractivity contribution < 1.29 is 5.11 Å². The second kappa shape index (κ2) is 6.75. The van der Waals surface area contributed by atoms with Crippen LogP contribution in [0, 0.1) is 46.3 Å². The molecule has 1 N–H and O–H groups in total. The Bertz CT molecular complexity index is 534. The number of hydrogen-bond donors (Lipinski definition) is 1. The van der Waals surface area contributed by atoms with Crippen LogP contribution in [0.5, 0.6) is 0 Å². The van der Waals surface area contributed by atoms with E-state index in [-0.39, 0.29) is 5.60 Å². The van der Waals surface area contributed by atoms with Crippen LogP contribution in [0.1, 0.15) is 91.9 Å². The molecule has 4 aliphatic carbocycles. The molecule has 0 radical (unpaired) electrons. The van der Waals surface area contributed by atoms with Gasteiger partial charge in [-0.05, 0) is 111 Å². The minimum Gasteiger partial charge on any atom is -0.390 e. The summed E-state index contributed by atoms with van der Waals surface area (Å²) in [7, 11) is 0. The van der Waals surface area contributed by atoms with E-state index in [1.165, 1.54) is 50.3 Å². The summed E-state index contributed by atoms with van der Waals surface area (Å²) in [6.45, 7) is 9.95. The number of aliphatic hydroxyl groups is 1. The molecule has 150 valence electrons. The molecule has 0 saturated heterocycles. The third-order valence-electron chi connectivity index (χ3n) is 10.5. The first kappa shape index (κ1) is 19.7. The molecule has 0 aromatic carbocycles. The monoisotopic (exact) mass is 424 g/mol. The Morgan fingerprint density at radius 3 is 2.38 bits per heavy atom. The number of hydrogen-bond acceptors (Lipinski definition) is 1. The molecule has 0 aromatic rings. The van der Waals surface area contributed by atoms with E-state index in [2.05, 4.69) is 43.6 Å². The largest absolute Gasteiger partial charge is 0.390 e. The van der Waals surface area contributed by atoms with Gasteiger partial charge < -0.3 is 5.11 Å². The highest BCUT2D eigenvalue weighted by molar-refractivity contribution is 9.09. The highest BCUT2D eigenvalue weighted by atomic mass is 79.9. The Balaban J connectivity index is 1.57. The van der Waals surface area contributed by atoms with Crippen molar-refractivity contribution in [2.45, 2.75) is 97.5 Å². The van der Waals surface area contributed by atoms with E-state index in [1.807, 2.05) is 0 Å². The lowest BCUT2D eigenvalue weighted by atomic mass is 9.43. The normalized spacial score (nSPS) is 54.9. The molecule has 0 aromatic heterocycles. The SMILES string of the molecule is CC[C@@]1(O)CC[C@@]2(C)[C@@H](CC[C@@H]3[C@@H]2CC[C@]2(C)[C@@H]([C@@H](C)CBr)CC[C@@H]32)C1. The van der Waals surface area contributed by atoms with Gasteiger partial charge in [0.1, 0.15) is 0 Å². The molecular formula is C24H41BrO. The Morgan fingerprint density at radius 2 is 1.69 bits per heavy atom. The van der Waals surface area contributed by atoms with E-state index >= 15 is 0 Å². The van der Waals surface area contributed by atoms with E-state index in [9.17, 15) is 5.11 Å². The highest BCUT2D eigenvalue weighted by Gasteiger charge is 2.61. The first-order valence-electron chi connectivity index (χ1n) is 11.6. The fourth-order valence-corrected chi connectivity index (χ4v) is 9.18. The van der Waals surface area contributed by atoms with Crippen molar-refractivity contribution in [2.75, 3.05) is 5.33 Å². The molecule has 9 atom stereocenters. The number of fused-ring (bicyclic) bond motifs is 5. The second-order valence-electron chi connectivity index (χ2n) is 11.3. The topological polar surface area (TPSA) is 20.2 Å². The molecule has 0 bridgehead atoms. The summed E-state index contributed by atoms with van der Waals surface area (Å²) in [5.41, 5.74) is 0.741. The average Bonchev–Trinajstić information content (AvgIpc) is 2.99. The van der Waals surface area contributed by atoms with E-state index in [4.69, 9.17) is 0 Å². The number of halogens is 1. The number of rotatable bonds is 3. The van der Waals surface area contributed by atoms with Gasteiger partial charge in [-0.25, -0.2) is 0 Å². The van der Waals surface area contributed by atoms with Crippen molar-refractivity contribution in [1.29, 1.82) is 0 Å². The lowest BCUT2D eigenvalue weighted by molar-refractivity contribution is -0.152. The van der Waals surface area contributed by atoms with Crippen molar-refractivity contribution >= 4 is 15.9 Å². The van der Waals surface area contributed by atoms with Crippen LogP contribution in [0.25, 0.3) is 0 Å². The molecule has 4 aliphatic rings. The van der Waals surface area contributed by atoms with Crippen molar-refractivity contribution in [1.82, 2.24) is 0 Å². The zero-order chi connectivity index (χ0) is 18.7. The third kappa shape index (κ3) is 2.78. The maximum absolute atomic E-state index is 10.9. The fourth-order valence-electron chi connectivity index (χ4n) is 8.73. The second-order valence-corrected chi connectivity index (χ2v) is 11.9. The third-order valence-corrected chi connectivity index (χ3v) is 11.5. The minimum atomic E-state index is -0.357. The first-order valence-corrected chi connectivity index (χ1v) is 12.7. The zero-order valence-electron chi connectivity index (χ0n) is 17.6. The van der Waals surface area contributed by atoms with Crippen LogP contribution < -0.4 is 0 Å². The summed E-state index contributed by atoms with van der Waals surface area (Å²) >= 11 is 3.78. The standard InChI is InChI=1S/C24H41BrO/c1-5-24(26)13-12-22(3)17(14-24)6-7-18-20-9-8-19(16(2)15-25)23(20,4)11-10-21(18)22/h16-21,26H,5-15H2,1-4H3/t16-,17-,18-,19+,20-,21-,22-,23+,24+/m0/s1. The summed E-state index contributed by atoms with van der Waals surface area (Å²) in [6.07, 6.45) is 13.0. The van der Waals surface area contributed by atoms with Gasteiger partial charge in [-0.15, -0.1) is 0 Å². The molecule has 0 heterocycles. The molecule has 0 aliphatic heterocycles. The Morgan fingerprint density at radius 1 is 0.962 bits per heavy atom. The van der Waals surface area contributed by atoms with Gasteiger partial charge >= 0.3 is 0 Å². The summed E-state index contributed by atoms with van der Waals surface area (Å²) in [5.74, 6) is 5.38. The van der Waals surface area contributed by atoms with Gasteiger partial charge in [0.25, 0.3) is 0 Å². The van der Waals surface area contributed by atoms with E-state index in [0.29, 0.717) is 10.8 Å². The zero-order valence-corrected chi connectivity index (χ0v) is 19.2. The van der Waals surface area contributed by atoms with Gasteiger partial charge in [0.2, 0.25) is 0 Å². The van der Waals surface area contributed by atoms with Crippen LogP contribution in [-0.2, 0) is 0 Å². The van der Waals surface area contributed by atoms with Crippen LogP contribution >= 0.6 is 15.9 Å².